The molecule has 102 valence electrons. The number of aromatic nitrogens is 3. The highest BCUT2D eigenvalue weighted by Gasteiger charge is 2.14. The van der Waals surface area contributed by atoms with E-state index in [-0.39, 0.29) is 17.3 Å². The van der Waals surface area contributed by atoms with E-state index in [9.17, 15) is 10.0 Å². The Morgan fingerprint density at radius 2 is 2.05 bits per heavy atom. The van der Waals surface area contributed by atoms with Gasteiger partial charge in [0.05, 0.1) is 6.20 Å². The van der Waals surface area contributed by atoms with Gasteiger partial charge in [-0.25, -0.2) is 4.98 Å². The summed E-state index contributed by atoms with van der Waals surface area (Å²) in [6.45, 7) is 0. The molecule has 7 heteroatoms. The molecule has 1 aromatic carbocycles. The number of nitrogens with zero attached hydrogens (tertiary/aromatic N) is 2. The van der Waals surface area contributed by atoms with E-state index in [1.807, 2.05) is 24.3 Å². The van der Waals surface area contributed by atoms with Gasteiger partial charge in [0.1, 0.15) is 16.0 Å². The van der Waals surface area contributed by atoms with E-state index >= 15 is 0 Å². The van der Waals surface area contributed by atoms with Crippen molar-refractivity contribution in [2.75, 3.05) is 0 Å². The number of hydrogen-bond donors (Lipinski definition) is 2. The fraction of sp³-hybridized carbons (Fsp3) is 0.0769. The van der Waals surface area contributed by atoms with Crippen molar-refractivity contribution in [3.05, 3.63) is 62.4 Å². The van der Waals surface area contributed by atoms with Gasteiger partial charge < -0.3 is 10.2 Å². The highest BCUT2D eigenvalue weighted by molar-refractivity contribution is 6.31. The molecule has 0 bridgehead atoms. The summed E-state index contributed by atoms with van der Waals surface area (Å²) in [5.41, 5.74) is 1.13. The third-order valence-electron chi connectivity index (χ3n) is 3.03. The van der Waals surface area contributed by atoms with E-state index in [4.69, 9.17) is 23.2 Å². The maximum Gasteiger partial charge on any atom is 0.304 e. The Labute approximate surface area is 123 Å². The number of halogens is 2. The van der Waals surface area contributed by atoms with Crippen molar-refractivity contribution in [3.63, 3.8) is 0 Å². The van der Waals surface area contributed by atoms with Crippen LogP contribution in [0.15, 0.2) is 35.3 Å². The van der Waals surface area contributed by atoms with Gasteiger partial charge in [-0.15, -0.1) is 0 Å². The van der Waals surface area contributed by atoms with Crippen LogP contribution < -0.4 is 5.56 Å². The number of benzene rings is 1. The van der Waals surface area contributed by atoms with Crippen molar-refractivity contribution in [1.29, 1.82) is 0 Å². The van der Waals surface area contributed by atoms with E-state index in [0.717, 1.165) is 22.7 Å². The van der Waals surface area contributed by atoms with Gasteiger partial charge in [0, 0.05) is 22.9 Å². The largest absolute Gasteiger partial charge is 0.425 e. The molecule has 0 atom stereocenters. The molecular weight excluding hydrogens is 301 g/mol. The minimum Gasteiger partial charge on any atom is -0.425 e. The molecule has 5 nitrogen and oxygen atoms in total. The fourth-order valence-corrected chi connectivity index (χ4v) is 2.58. The van der Waals surface area contributed by atoms with Crippen molar-refractivity contribution in [3.8, 4) is 0 Å². The first-order chi connectivity index (χ1) is 9.56. The third-order valence-corrected chi connectivity index (χ3v) is 3.54. The van der Waals surface area contributed by atoms with Gasteiger partial charge in [0.25, 0.3) is 0 Å². The van der Waals surface area contributed by atoms with Crippen molar-refractivity contribution >= 4 is 34.1 Å². The summed E-state index contributed by atoms with van der Waals surface area (Å²) in [6.07, 6.45) is 1.23. The first kappa shape index (κ1) is 13.0. The Bertz CT molecular complexity index is 854. The fourth-order valence-electron chi connectivity index (χ4n) is 2.12. The van der Waals surface area contributed by atoms with Crippen molar-refractivity contribution < 1.29 is 5.21 Å². The zero-order chi connectivity index (χ0) is 14.3. The molecule has 0 spiro atoms. The SMILES string of the molecule is O=c1c(Cc2c(Cl)[nH]c3ccccc23)nc(Cl)cn1O. The van der Waals surface area contributed by atoms with Gasteiger partial charge >= 0.3 is 5.56 Å². The summed E-state index contributed by atoms with van der Waals surface area (Å²) in [5, 5.41) is 10.8. The molecule has 0 unspecified atom stereocenters. The Hall–Kier alpha value is -1.98. The van der Waals surface area contributed by atoms with E-state index in [1.165, 1.54) is 0 Å². The van der Waals surface area contributed by atoms with Gasteiger partial charge in [0.2, 0.25) is 0 Å². The maximum absolute atomic E-state index is 11.8. The van der Waals surface area contributed by atoms with Crippen LogP contribution in [-0.4, -0.2) is 19.9 Å². The Morgan fingerprint density at radius 3 is 2.85 bits per heavy atom. The van der Waals surface area contributed by atoms with Crippen LogP contribution in [0.25, 0.3) is 10.9 Å². The van der Waals surface area contributed by atoms with Gasteiger partial charge in [-0.1, -0.05) is 41.4 Å². The quantitative estimate of drug-likeness (QED) is 0.715. The Kier molecular flexibility index (Phi) is 3.16. The second-order valence-electron chi connectivity index (χ2n) is 4.30. The van der Waals surface area contributed by atoms with Crippen LogP contribution >= 0.6 is 23.2 Å². The number of para-hydroxylation sites is 1. The topological polar surface area (TPSA) is 70.9 Å². The molecule has 2 aromatic heterocycles. The number of fused-ring (bicyclic) bond motifs is 1. The lowest BCUT2D eigenvalue weighted by Gasteiger charge is -2.03. The van der Waals surface area contributed by atoms with Crippen LogP contribution in [-0.2, 0) is 6.42 Å². The summed E-state index contributed by atoms with van der Waals surface area (Å²) < 4.78 is 0.424. The standard InChI is InChI=1S/C13H9Cl2N3O2/c14-11-6-18(20)13(19)10(16-11)5-8-7-3-1-2-4-9(7)17-12(8)15/h1-4,6,17,20H,5H2. The van der Waals surface area contributed by atoms with Gasteiger partial charge in [-0.05, 0) is 6.07 Å². The van der Waals surface area contributed by atoms with Crippen LogP contribution in [0, 0.1) is 0 Å². The lowest BCUT2D eigenvalue weighted by Crippen LogP contribution is -2.23. The van der Waals surface area contributed by atoms with Crippen molar-refractivity contribution in [1.82, 2.24) is 14.7 Å². The minimum atomic E-state index is -0.615. The molecule has 0 aliphatic carbocycles. The first-order valence-electron chi connectivity index (χ1n) is 5.78. The van der Waals surface area contributed by atoms with Gasteiger partial charge in [0.15, 0.2) is 0 Å². The molecule has 0 aliphatic rings. The van der Waals surface area contributed by atoms with E-state index in [1.54, 1.807) is 0 Å². The smallest absolute Gasteiger partial charge is 0.304 e. The van der Waals surface area contributed by atoms with Crippen LogP contribution in [0.5, 0.6) is 0 Å². The lowest BCUT2D eigenvalue weighted by molar-refractivity contribution is 0.172. The average Bonchev–Trinajstić information content (AvgIpc) is 2.72. The molecule has 0 amide bonds. The molecule has 0 fully saturated rings. The maximum atomic E-state index is 11.8. The summed E-state index contributed by atoms with van der Waals surface area (Å²) in [7, 11) is 0. The highest BCUT2D eigenvalue weighted by Crippen LogP contribution is 2.27. The van der Waals surface area contributed by atoms with E-state index < -0.39 is 5.56 Å². The molecule has 0 saturated heterocycles. The number of nitrogens with one attached hydrogen (secondary N) is 1. The Balaban J connectivity index is 2.15. The molecule has 0 aliphatic heterocycles. The molecule has 3 rings (SSSR count). The van der Waals surface area contributed by atoms with Crippen LogP contribution in [0.4, 0.5) is 0 Å². The number of hydrogen-bond acceptors (Lipinski definition) is 3. The van der Waals surface area contributed by atoms with Gasteiger partial charge in [-0.2, -0.15) is 4.73 Å². The van der Waals surface area contributed by atoms with Gasteiger partial charge in [-0.3, -0.25) is 4.79 Å². The second-order valence-corrected chi connectivity index (χ2v) is 5.07. The highest BCUT2D eigenvalue weighted by atomic mass is 35.5. The van der Waals surface area contributed by atoms with E-state index in [0.29, 0.717) is 9.88 Å². The number of aromatic amines is 1. The zero-order valence-electron chi connectivity index (χ0n) is 10.1. The second kappa shape index (κ2) is 4.85. The lowest BCUT2D eigenvalue weighted by atomic mass is 10.1. The molecule has 20 heavy (non-hydrogen) atoms. The van der Waals surface area contributed by atoms with Crippen molar-refractivity contribution in [2.24, 2.45) is 0 Å². The average molecular weight is 310 g/mol. The van der Waals surface area contributed by atoms with E-state index in [2.05, 4.69) is 9.97 Å². The van der Waals surface area contributed by atoms with Crippen LogP contribution in [0.1, 0.15) is 11.3 Å². The third kappa shape index (κ3) is 2.15. The molecule has 2 heterocycles. The number of rotatable bonds is 2. The first-order valence-corrected chi connectivity index (χ1v) is 6.54. The molecule has 3 aromatic rings. The monoisotopic (exact) mass is 309 g/mol. The van der Waals surface area contributed by atoms with Crippen molar-refractivity contribution in [2.45, 2.75) is 6.42 Å². The predicted molar refractivity (Wildman–Crippen MR) is 76.8 cm³/mol. The predicted octanol–water partition coefficient (Wildman–Crippen LogP) is 2.86. The summed E-state index contributed by atoms with van der Waals surface area (Å²) in [5.74, 6) is 0. The summed E-state index contributed by atoms with van der Waals surface area (Å²) >= 11 is 11.9. The molecule has 0 saturated carbocycles. The normalized spacial score (nSPS) is 11.1. The number of H-pyrrole nitrogens is 1. The summed E-state index contributed by atoms with van der Waals surface area (Å²) in [6, 6.07) is 7.55. The zero-order valence-corrected chi connectivity index (χ0v) is 11.6. The molecule has 0 radical (unpaired) electrons. The van der Waals surface area contributed by atoms with Crippen LogP contribution in [0.3, 0.4) is 0 Å². The minimum absolute atomic E-state index is 0.0399. The van der Waals surface area contributed by atoms with Crippen LogP contribution in [0.2, 0.25) is 10.3 Å². The molecular formula is C13H9Cl2N3O2. The Morgan fingerprint density at radius 1 is 1.30 bits per heavy atom. The molecule has 2 N–H and O–H groups in total. The summed E-state index contributed by atoms with van der Waals surface area (Å²) in [4.78, 5) is 18.8.